The van der Waals surface area contributed by atoms with Crippen LogP contribution in [0, 0.1) is 0 Å². The van der Waals surface area contributed by atoms with Crippen molar-refractivity contribution < 1.29 is 4.42 Å². The highest BCUT2D eigenvalue weighted by molar-refractivity contribution is 6.17. The van der Waals surface area contributed by atoms with E-state index in [9.17, 15) is 0 Å². The molecule has 0 radical (unpaired) electrons. The van der Waals surface area contributed by atoms with Gasteiger partial charge in [-0.1, -0.05) is 66.7 Å². The molecular formula is C30H18N2O. The van der Waals surface area contributed by atoms with Crippen molar-refractivity contribution in [1.29, 1.82) is 0 Å². The molecule has 33 heavy (non-hydrogen) atoms. The number of aromatic nitrogens is 2. The predicted molar refractivity (Wildman–Crippen MR) is 136 cm³/mol. The Bertz CT molecular complexity index is 1970. The maximum absolute atomic E-state index is 6.35. The lowest BCUT2D eigenvalue weighted by molar-refractivity contribution is 0.647. The summed E-state index contributed by atoms with van der Waals surface area (Å²) in [5.41, 5.74) is 11.2. The lowest BCUT2D eigenvalue weighted by Crippen LogP contribution is -2.07. The van der Waals surface area contributed by atoms with E-state index in [0.29, 0.717) is 0 Å². The molecule has 2 aliphatic rings. The Morgan fingerprint density at radius 2 is 1.24 bits per heavy atom. The number of benzene rings is 5. The number of nitrogens with zero attached hydrogens (tertiary/aromatic N) is 2. The quantitative estimate of drug-likeness (QED) is 0.194. The molecule has 0 unspecified atom stereocenters. The molecular weight excluding hydrogens is 404 g/mol. The number of hydrogen-bond donors (Lipinski definition) is 0. The molecule has 3 nitrogen and oxygen atoms in total. The van der Waals surface area contributed by atoms with Gasteiger partial charge in [0, 0.05) is 10.8 Å². The molecule has 0 saturated carbocycles. The molecule has 0 bridgehead atoms. The summed E-state index contributed by atoms with van der Waals surface area (Å²) in [4.78, 5) is 0. The SMILES string of the molecule is c1ccc(-c2ccc3c(c2)c2cccc4c2n3c2cccc3oc5ccccc5n4-c32)cc1. The van der Waals surface area contributed by atoms with Gasteiger partial charge in [-0.05, 0) is 53.6 Å². The van der Waals surface area contributed by atoms with E-state index >= 15 is 0 Å². The fourth-order valence-electron chi connectivity index (χ4n) is 5.51. The van der Waals surface area contributed by atoms with E-state index in [2.05, 4.69) is 106 Å². The third-order valence-corrected chi connectivity index (χ3v) is 6.88. The molecule has 1 aromatic heterocycles. The summed E-state index contributed by atoms with van der Waals surface area (Å²) in [6.45, 7) is 0. The molecule has 5 aromatic carbocycles. The second kappa shape index (κ2) is 6.05. The minimum Gasteiger partial charge on any atom is -0.453 e. The van der Waals surface area contributed by atoms with Crippen LogP contribution in [0.1, 0.15) is 0 Å². The van der Waals surface area contributed by atoms with Crippen LogP contribution >= 0.6 is 0 Å². The summed E-state index contributed by atoms with van der Waals surface area (Å²) in [5.74, 6) is 0. The third kappa shape index (κ3) is 2.14. The van der Waals surface area contributed by atoms with Crippen molar-refractivity contribution in [3.05, 3.63) is 109 Å². The van der Waals surface area contributed by atoms with Gasteiger partial charge in [0.1, 0.15) is 5.69 Å². The van der Waals surface area contributed by atoms with Gasteiger partial charge >= 0.3 is 0 Å². The zero-order valence-electron chi connectivity index (χ0n) is 17.7. The Labute approximate surface area is 189 Å². The summed E-state index contributed by atoms with van der Waals surface area (Å²) >= 11 is 0. The van der Waals surface area contributed by atoms with Gasteiger partial charge in [-0.3, -0.25) is 4.57 Å². The Balaban J connectivity index is 1.66. The van der Waals surface area contributed by atoms with E-state index in [4.69, 9.17) is 4.42 Å². The number of hydrogen-bond acceptors (Lipinski definition) is 1. The maximum Gasteiger partial charge on any atom is 0.153 e. The van der Waals surface area contributed by atoms with Crippen molar-refractivity contribution in [2.75, 3.05) is 0 Å². The number of rotatable bonds is 1. The monoisotopic (exact) mass is 422 g/mol. The molecule has 0 spiro atoms. The molecule has 0 atom stereocenters. The van der Waals surface area contributed by atoms with Gasteiger partial charge in [0.25, 0.3) is 0 Å². The van der Waals surface area contributed by atoms with Crippen LogP contribution in [0.4, 0.5) is 0 Å². The number of fused-ring (bicyclic) bond motifs is 7. The van der Waals surface area contributed by atoms with Crippen molar-refractivity contribution in [3.63, 3.8) is 0 Å². The third-order valence-electron chi connectivity index (χ3n) is 6.88. The average Bonchev–Trinajstić information content (AvgIpc) is 3.21. The Morgan fingerprint density at radius 3 is 2.18 bits per heavy atom. The molecule has 3 heteroatoms. The standard InChI is InChI=1S/C30H18N2O/c1-2-8-19(9-3-1)20-16-17-23-22(18-20)21-10-6-12-25-29(21)31(23)26-13-7-15-28-30(26)32(25)24-11-4-5-14-27(24)33-28/h1-18H. The van der Waals surface area contributed by atoms with Crippen LogP contribution in [0.2, 0.25) is 0 Å². The highest BCUT2D eigenvalue weighted by atomic mass is 16.3. The summed E-state index contributed by atoms with van der Waals surface area (Å²) in [5, 5.41) is 2.53. The molecule has 154 valence electrons. The summed E-state index contributed by atoms with van der Waals surface area (Å²) in [6, 6.07) is 38.7. The molecule has 2 aliphatic heterocycles. The first-order chi connectivity index (χ1) is 16.4. The smallest absolute Gasteiger partial charge is 0.153 e. The van der Waals surface area contributed by atoms with Crippen LogP contribution in [0.15, 0.2) is 114 Å². The Morgan fingerprint density at radius 1 is 0.485 bits per heavy atom. The fourth-order valence-corrected chi connectivity index (χ4v) is 5.51. The lowest BCUT2D eigenvalue weighted by atomic mass is 10.0. The van der Waals surface area contributed by atoms with Crippen LogP contribution in [0.25, 0.3) is 66.3 Å². The van der Waals surface area contributed by atoms with E-state index in [1.54, 1.807) is 0 Å². The van der Waals surface area contributed by atoms with Gasteiger partial charge in [-0.2, -0.15) is 0 Å². The first-order valence-electron chi connectivity index (χ1n) is 11.2. The molecule has 0 amide bonds. The van der Waals surface area contributed by atoms with E-state index in [1.165, 1.54) is 38.4 Å². The Hall–Kier alpha value is -4.50. The van der Waals surface area contributed by atoms with Gasteiger partial charge in [0.15, 0.2) is 11.2 Å². The molecule has 8 rings (SSSR count). The topological polar surface area (TPSA) is 22.5 Å². The summed E-state index contributed by atoms with van der Waals surface area (Å²) in [6.07, 6.45) is 0. The van der Waals surface area contributed by atoms with Crippen molar-refractivity contribution in [3.8, 4) is 16.8 Å². The minimum absolute atomic E-state index is 0.884. The van der Waals surface area contributed by atoms with E-state index in [-0.39, 0.29) is 0 Å². The van der Waals surface area contributed by atoms with Gasteiger partial charge in [-0.25, -0.2) is 0 Å². The van der Waals surface area contributed by atoms with Crippen molar-refractivity contribution in [1.82, 2.24) is 8.97 Å². The van der Waals surface area contributed by atoms with Gasteiger partial charge in [-0.15, -0.1) is 0 Å². The van der Waals surface area contributed by atoms with E-state index in [1.807, 2.05) is 12.1 Å². The zero-order valence-corrected chi connectivity index (χ0v) is 17.7. The molecule has 0 saturated heterocycles. The van der Waals surface area contributed by atoms with Crippen molar-refractivity contribution in [2.45, 2.75) is 0 Å². The van der Waals surface area contributed by atoms with Crippen molar-refractivity contribution >= 4 is 49.5 Å². The molecule has 0 aliphatic carbocycles. The fraction of sp³-hybridized carbons (Fsp3) is 0. The van der Waals surface area contributed by atoms with Crippen molar-refractivity contribution in [2.24, 2.45) is 0 Å². The first-order valence-corrected chi connectivity index (χ1v) is 11.2. The highest BCUT2D eigenvalue weighted by Gasteiger charge is 2.23. The van der Waals surface area contributed by atoms with Crippen LogP contribution in [-0.2, 0) is 0 Å². The summed E-state index contributed by atoms with van der Waals surface area (Å²) < 4.78 is 11.1. The maximum atomic E-state index is 6.35. The van der Waals surface area contributed by atoms with Crippen LogP contribution < -0.4 is 0 Å². The lowest BCUT2D eigenvalue weighted by Gasteiger charge is -2.21. The molecule has 0 N–H and O–H groups in total. The van der Waals surface area contributed by atoms with Gasteiger partial charge in [0.05, 0.1) is 27.6 Å². The van der Waals surface area contributed by atoms with Gasteiger partial charge in [0.2, 0.25) is 0 Å². The normalized spacial score (nSPS) is 12.2. The molecule has 3 heterocycles. The summed E-state index contributed by atoms with van der Waals surface area (Å²) in [7, 11) is 0. The van der Waals surface area contributed by atoms with Gasteiger partial charge < -0.3 is 8.82 Å². The first kappa shape index (κ1) is 17.1. The minimum atomic E-state index is 0.884. The highest BCUT2D eigenvalue weighted by Crippen LogP contribution is 2.41. The number of para-hydroxylation sites is 4. The Kier molecular flexibility index (Phi) is 3.14. The average molecular weight is 422 g/mol. The van der Waals surface area contributed by atoms with Crippen LogP contribution in [-0.4, -0.2) is 8.97 Å². The molecule has 0 fully saturated rings. The van der Waals surface area contributed by atoms with E-state index in [0.717, 1.165) is 27.9 Å². The second-order valence-corrected chi connectivity index (χ2v) is 8.64. The predicted octanol–water partition coefficient (Wildman–Crippen LogP) is 8.04. The van der Waals surface area contributed by atoms with Crippen LogP contribution in [0.5, 0.6) is 0 Å². The van der Waals surface area contributed by atoms with Crippen LogP contribution in [0.3, 0.4) is 0 Å². The zero-order chi connectivity index (χ0) is 21.5. The second-order valence-electron chi connectivity index (χ2n) is 8.64. The largest absolute Gasteiger partial charge is 0.453 e. The molecule has 6 aromatic rings. The van der Waals surface area contributed by atoms with E-state index < -0.39 is 0 Å².